The van der Waals surface area contributed by atoms with Crippen molar-refractivity contribution in [3.63, 3.8) is 0 Å². The third-order valence-corrected chi connectivity index (χ3v) is 12.4. The Balaban J connectivity index is 1.67. The number of hydrogen-bond donors (Lipinski definition) is 6. The van der Waals surface area contributed by atoms with Gasteiger partial charge in [0.25, 0.3) is 0 Å². The summed E-state index contributed by atoms with van der Waals surface area (Å²) in [6.45, 7) is 11.5. The highest BCUT2D eigenvalue weighted by Gasteiger charge is 2.49. The van der Waals surface area contributed by atoms with Crippen molar-refractivity contribution in [2.24, 2.45) is 29.6 Å². The zero-order valence-electron chi connectivity index (χ0n) is 35.2. The third-order valence-electron chi connectivity index (χ3n) is 12.4. The Kier molecular flexibility index (Phi) is 15.8. The number of benzene rings is 1. The first kappa shape index (κ1) is 47.4. The van der Waals surface area contributed by atoms with E-state index >= 15 is 0 Å². The van der Waals surface area contributed by atoms with Crippen LogP contribution in [0.2, 0.25) is 0 Å². The minimum Gasteiger partial charge on any atom is -0.459 e. The molecule has 1 aromatic carbocycles. The molecule has 1 amide bonds. The van der Waals surface area contributed by atoms with E-state index in [0.29, 0.717) is 17.7 Å². The molecule has 1 saturated heterocycles. The Morgan fingerprint density at radius 3 is 2.26 bits per heavy atom. The van der Waals surface area contributed by atoms with Crippen LogP contribution in [0.4, 0.5) is 13.2 Å². The molecular weight excluding hydrogens is 763 g/mol. The van der Waals surface area contributed by atoms with Crippen LogP contribution in [0.5, 0.6) is 0 Å². The van der Waals surface area contributed by atoms with E-state index in [-0.39, 0.29) is 31.3 Å². The number of Topliss-reactive ketones (excluding diaryl/α,β-unsaturated/α-hetero) is 1. The molecular formula is C41H64F3N5O9. The van der Waals surface area contributed by atoms with E-state index in [4.69, 9.17) is 14.2 Å². The number of methoxy groups -OCH3 is 1. The average Bonchev–Trinajstić information content (AvgIpc) is 3.64. The molecule has 14 nitrogen and oxygen atoms in total. The van der Waals surface area contributed by atoms with Crippen LogP contribution in [0.1, 0.15) is 85.3 Å². The molecule has 4 rings (SSSR count). The van der Waals surface area contributed by atoms with Crippen LogP contribution in [0.15, 0.2) is 30.5 Å². The number of amides is 1. The first-order valence-electron chi connectivity index (χ1n) is 20.2. The topological polar surface area (TPSA) is 182 Å². The van der Waals surface area contributed by atoms with Crippen molar-refractivity contribution in [2.45, 2.75) is 135 Å². The first-order chi connectivity index (χ1) is 27.0. The second-order valence-electron chi connectivity index (χ2n) is 17.1. The van der Waals surface area contributed by atoms with Crippen LogP contribution in [0, 0.1) is 29.6 Å². The van der Waals surface area contributed by atoms with Crippen molar-refractivity contribution in [2.75, 3.05) is 27.7 Å². The molecule has 328 valence electrons. The van der Waals surface area contributed by atoms with Crippen LogP contribution >= 0.6 is 0 Å². The SMILES string of the molecule is CC[C@H]1OC(=O)[C@H](C)C(=O)[C@H](C)[C@@H](O[C@@H]2C[C@H](C)C[C@H](N(C)C)[C@H]2O)[C@@H](OC)C[C@@H](C)[C@H](NC(=O)CN2C=C(c3ccc(C(F)(F)F)cc3)NN2)[C@H](C)[C@@H](O)[C@]1(C)O. The van der Waals surface area contributed by atoms with Crippen LogP contribution in [-0.2, 0) is 34.8 Å². The number of likely N-dealkylation sites (N-methyl/N-ethyl adjacent to an activating group) is 1. The number of rotatable bonds is 9. The summed E-state index contributed by atoms with van der Waals surface area (Å²) in [6.07, 6.45) is -7.42. The van der Waals surface area contributed by atoms with Crippen LogP contribution in [0.3, 0.4) is 0 Å². The summed E-state index contributed by atoms with van der Waals surface area (Å²) in [7, 11) is 5.25. The van der Waals surface area contributed by atoms with Crippen molar-refractivity contribution in [1.29, 1.82) is 0 Å². The van der Waals surface area contributed by atoms with E-state index in [1.807, 2.05) is 25.9 Å². The largest absolute Gasteiger partial charge is 0.459 e. The van der Waals surface area contributed by atoms with Crippen molar-refractivity contribution >= 4 is 23.4 Å². The monoisotopic (exact) mass is 827 g/mol. The molecule has 1 aliphatic carbocycles. The molecule has 0 unspecified atom stereocenters. The van der Waals surface area contributed by atoms with E-state index < -0.39 is 101 Å². The van der Waals surface area contributed by atoms with E-state index in [2.05, 4.69) is 23.2 Å². The predicted molar refractivity (Wildman–Crippen MR) is 209 cm³/mol. The fourth-order valence-corrected chi connectivity index (χ4v) is 8.74. The lowest BCUT2D eigenvalue weighted by atomic mass is 9.75. The summed E-state index contributed by atoms with van der Waals surface area (Å²) >= 11 is 0. The van der Waals surface area contributed by atoms with Crippen molar-refractivity contribution in [3.8, 4) is 0 Å². The minimum atomic E-state index is -4.49. The van der Waals surface area contributed by atoms with Gasteiger partial charge in [0.05, 0.1) is 41.8 Å². The van der Waals surface area contributed by atoms with E-state index in [0.717, 1.165) is 18.6 Å². The Hall–Kier alpha value is -3.32. The maximum absolute atomic E-state index is 14.1. The molecule has 0 radical (unpaired) electrons. The van der Waals surface area contributed by atoms with Crippen molar-refractivity contribution in [3.05, 3.63) is 41.6 Å². The summed E-state index contributed by atoms with van der Waals surface area (Å²) in [6, 6.07) is 3.52. The number of nitrogens with one attached hydrogen (secondary N) is 3. The average molecular weight is 828 g/mol. The molecule has 2 fully saturated rings. The van der Waals surface area contributed by atoms with Gasteiger partial charge in [0.1, 0.15) is 24.2 Å². The molecule has 0 bridgehead atoms. The summed E-state index contributed by atoms with van der Waals surface area (Å²) in [5.74, 6) is -5.16. The number of aliphatic hydroxyl groups is 3. The summed E-state index contributed by atoms with van der Waals surface area (Å²) in [5.41, 5.74) is 3.75. The van der Waals surface area contributed by atoms with Gasteiger partial charge in [-0.25, -0.2) is 0 Å². The number of hydrazine groups is 2. The number of alkyl halides is 3. The number of carbonyl (C=O) groups excluding carboxylic acids is 3. The van der Waals surface area contributed by atoms with Gasteiger partial charge in [-0.3, -0.25) is 19.4 Å². The molecule has 17 heteroatoms. The van der Waals surface area contributed by atoms with Gasteiger partial charge in [-0.1, -0.05) is 46.8 Å². The Bertz CT molecular complexity index is 1600. The van der Waals surface area contributed by atoms with Gasteiger partial charge in [0.2, 0.25) is 5.91 Å². The number of esters is 1. The van der Waals surface area contributed by atoms with Gasteiger partial charge in [0, 0.05) is 42.8 Å². The number of hydrogen-bond acceptors (Lipinski definition) is 13. The molecule has 1 aromatic rings. The molecule has 3 aliphatic rings. The minimum absolute atomic E-state index is 0.106. The number of nitrogens with zero attached hydrogens (tertiary/aromatic N) is 2. The second kappa shape index (κ2) is 19.4. The molecule has 14 atom stereocenters. The normalized spacial score (nSPS) is 37.2. The van der Waals surface area contributed by atoms with Gasteiger partial charge in [-0.2, -0.15) is 13.2 Å². The van der Waals surface area contributed by atoms with Crippen LogP contribution < -0.4 is 16.3 Å². The molecule has 6 N–H and O–H groups in total. The Morgan fingerprint density at radius 2 is 1.69 bits per heavy atom. The molecule has 58 heavy (non-hydrogen) atoms. The molecule has 0 aromatic heterocycles. The van der Waals surface area contributed by atoms with Crippen LogP contribution in [-0.4, -0.2) is 125 Å². The zero-order valence-corrected chi connectivity index (χ0v) is 35.2. The Morgan fingerprint density at radius 1 is 1.05 bits per heavy atom. The first-order valence-corrected chi connectivity index (χ1v) is 20.2. The number of aliphatic hydroxyl groups excluding tert-OH is 2. The lowest BCUT2D eigenvalue weighted by molar-refractivity contribution is -0.195. The van der Waals surface area contributed by atoms with Crippen molar-refractivity contribution in [1.82, 2.24) is 26.2 Å². The van der Waals surface area contributed by atoms with Crippen LogP contribution in [0.25, 0.3) is 5.70 Å². The van der Waals surface area contributed by atoms with E-state index in [9.17, 15) is 42.9 Å². The summed E-state index contributed by atoms with van der Waals surface area (Å²) in [4.78, 5) is 43.4. The summed E-state index contributed by atoms with van der Waals surface area (Å²) < 4.78 is 57.9. The number of ether oxygens (including phenoxy) is 3. The molecule has 0 spiro atoms. The second-order valence-corrected chi connectivity index (χ2v) is 17.1. The van der Waals surface area contributed by atoms with Crippen molar-refractivity contribution < 1.29 is 57.1 Å². The van der Waals surface area contributed by atoms with E-state index in [1.165, 1.54) is 44.3 Å². The predicted octanol–water partition coefficient (Wildman–Crippen LogP) is 3.25. The molecule has 2 aliphatic heterocycles. The summed E-state index contributed by atoms with van der Waals surface area (Å²) in [5, 5.41) is 39.6. The number of carbonyl (C=O) groups is 3. The van der Waals surface area contributed by atoms with Gasteiger partial charge >= 0.3 is 12.1 Å². The lowest BCUT2D eigenvalue weighted by Gasteiger charge is -2.45. The van der Waals surface area contributed by atoms with Gasteiger partial charge < -0.3 is 45.2 Å². The zero-order chi connectivity index (χ0) is 43.4. The standard InChI is InChI=1S/C41H64F3N5O9/c1-11-32-40(7,55)38(53)23(4)34(45-33(50)20-49-19-28(46-47-49)26-12-14-27(15-13-26)41(42,43)44)22(3)18-31(56-10)37(24(5)35(51)25(6)39(54)58-32)57-30-17-21(2)16-29(36(30)52)48(8)9/h12-15,19,21-25,29-32,34,36-38,46-47,52-53,55H,11,16-18,20H2,1-10H3,(H,45,50)/t21-,22-,23+,24+,25-,29+,30-,31+,32-,34+,36-,37-,38-,40-/m1/s1. The third kappa shape index (κ3) is 10.9. The fraction of sp³-hybridized carbons (Fsp3) is 0.732. The lowest BCUT2D eigenvalue weighted by Crippen LogP contribution is -2.60. The molecule has 2 heterocycles. The smallest absolute Gasteiger partial charge is 0.416 e. The van der Waals surface area contributed by atoms with E-state index in [1.54, 1.807) is 20.8 Å². The highest BCUT2D eigenvalue weighted by molar-refractivity contribution is 6.00. The number of ketones is 1. The fourth-order valence-electron chi connectivity index (χ4n) is 8.74. The quantitative estimate of drug-likeness (QED) is 0.158. The van der Waals surface area contributed by atoms with Gasteiger partial charge in [0.15, 0.2) is 5.78 Å². The highest BCUT2D eigenvalue weighted by Crippen LogP contribution is 2.37. The van der Waals surface area contributed by atoms with Gasteiger partial charge in [-0.15, -0.1) is 5.53 Å². The maximum Gasteiger partial charge on any atom is 0.416 e. The van der Waals surface area contributed by atoms with Gasteiger partial charge in [-0.05, 0) is 77.6 Å². The maximum atomic E-state index is 14.1. The Labute approximate surface area is 339 Å². The number of halogens is 3. The highest BCUT2D eigenvalue weighted by atomic mass is 19.4. The number of cyclic esters (lactones) is 1. The molecule has 1 saturated carbocycles.